The largest absolute Gasteiger partial charge is 0.411 e. The van der Waals surface area contributed by atoms with Crippen LogP contribution in [0.4, 0.5) is 0 Å². The highest BCUT2D eigenvalue weighted by atomic mass is 35.5. The summed E-state index contributed by atoms with van der Waals surface area (Å²) in [6.07, 6.45) is 0.883. The van der Waals surface area contributed by atoms with Crippen LogP contribution < -0.4 is 0 Å². The van der Waals surface area contributed by atoms with Crippen molar-refractivity contribution in [3.05, 3.63) is 69.2 Å². The Morgan fingerprint density at radius 2 is 1.86 bits per heavy atom. The highest BCUT2D eigenvalue weighted by Gasteiger charge is 2.30. The summed E-state index contributed by atoms with van der Waals surface area (Å²) in [4.78, 5) is 0. The number of nitrogens with zero attached hydrogens (tertiary/aromatic N) is 1. The molecule has 0 heterocycles. The second-order valence-corrected chi connectivity index (χ2v) is 6.25. The lowest BCUT2D eigenvalue weighted by atomic mass is 9.73. The molecule has 3 rings (SSSR count). The molecule has 0 aromatic heterocycles. The number of fused-ring (bicyclic) bond motifs is 1. The van der Waals surface area contributed by atoms with Crippen molar-refractivity contribution in [1.82, 2.24) is 0 Å². The molecule has 1 aliphatic carbocycles. The predicted molar refractivity (Wildman–Crippen MR) is 86.9 cm³/mol. The third-order valence-electron chi connectivity index (χ3n) is 4.12. The quantitative estimate of drug-likeness (QED) is 0.558. The molecule has 0 spiro atoms. The van der Waals surface area contributed by atoms with E-state index in [1.165, 1.54) is 5.56 Å². The smallest absolute Gasteiger partial charge is 0.0899 e. The number of oxime groups is 1. The molecular weight excluding hydrogens is 305 g/mol. The fourth-order valence-corrected chi connectivity index (χ4v) is 3.40. The third-order valence-corrected chi connectivity index (χ3v) is 4.86. The molecule has 2 aromatic carbocycles. The summed E-state index contributed by atoms with van der Waals surface area (Å²) < 4.78 is 0. The fraction of sp³-hybridized carbons (Fsp3) is 0.235. The lowest BCUT2D eigenvalue weighted by Crippen LogP contribution is -2.25. The van der Waals surface area contributed by atoms with Crippen molar-refractivity contribution >= 4 is 28.9 Å². The van der Waals surface area contributed by atoms with Gasteiger partial charge in [-0.15, -0.1) is 0 Å². The van der Waals surface area contributed by atoms with Gasteiger partial charge < -0.3 is 5.21 Å². The molecule has 0 aliphatic heterocycles. The first kappa shape index (κ1) is 14.4. The molecule has 0 saturated carbocycles. The van der Waals surface area contributed by atoms with Crippen LogP contribution in [-0.2, 0) is 0 Å². The first-order valence-corrected chi connectivity index (χ1v) is 7.63. The van der Waals surface area contributed by atoms with Crippen LogP contribution >= 0.6 is 23.2 Å². The topological polar surface area (TPSA) is 32.6 Å². The molecule has 21 heavy (non-hydrogen) atoms. The Balaban J connectivity index is 2.13. The highest BCUT2D eigenvalue weighted by Crippen LogP contribution is 2.40. The Hall–Kier alpha value is -1.51. The molecule has 0 bridgehead atoms. The number of rotatable bonds is 1. The van der Waals surface area contributed by atoms with E-state index in [9.17, 15) is 5.21 Å². The van der Waals surface area contributed by atoms with Gasteiger partial charge in [0.05, 0.1) is 15.8 Å². The normalized spacial score (nSPS) is 23.1. The second-order valence-electron chi connectivity index (χ2n) is 5.44. The maximum Gasteiger partial charge on any atom is 0.0899 e. The third kappa shape index (κ3) is 2.54. The number of hydrogen-bond donors (Lipinski definition) is 1. The summed E-state index contributed by atoms with van der Waals surface area (Å²) >= 11 is 12.2. The van der Waals surface area contributed by atoms with Gasteiger partial charge in [-0.1, -0.05) is 65.6 Å². The summed E-state index contributed by atoms with van der Waals surface area (Å²) in [5.74, 6) is 0.417. The molecule has 4 heteroatoms. The molecule has 2 atom stereocenters. The average Bonchev–Trinajstić information content (AvgIpc) is 2.49. The minimum atomic E-state index is 0.185. The Morgan fingerprint density at radius 1 is 1.10 bits per heavy atom. The molecule has 0 saturated heterocycles. The van der Waals surface area contributed by atoms with E-state index >= 15 is 0 Å². The SMILES string of the molecule is CC1C[C@@H](c2ccc(Cl)c(Cl)c2)c2ccccc2/C1=N\O. The van der Waals surface area contributed by atoms with Gasteiger partial charge in [0.1, 0.15) is 0 Å². The molecule has 1 N–H and O–H groups in total. The van der Waals surface area contributed by atoms with Crippen molar-refractivity contribution in [2.45, 2.75) is 19.3 Å². The molecule has 2 aromatic rings. The zero-order chi connectivity index (χ0) is 15.0. The Morgan fingerprint density at radius 3 is 2.57 bits per heavy atom. The van der Waals surface area contributed by atoms with Crippen LogP contribution in [0.5, 0.6) is 0 Å². The summed E-state index contributed by atoms with van der Waals surface area (Å²) in [5.41, 5.74) is 4.07. The molecule has 2 nitrogen and oxygen atoms in total. The maximum atomic E-state index is 9.29. The maximum absolute atomic E-state index is 9.29. The van der Waals surface area contributed by atoms with Crippen molar-refractivity contribution in [1.29, 1.82) is 0 Å². The molecule has 0 fully saturated rings. The molecule has 0 radical (unpaired) electrons. The van der Waals surface area contributed by atoms with Gasteiger partial charge in [0.25, 0.3) is 0 Å². The highest BCUT2D eigenvalue weighted by molar-refractivity contribution is 6.42. The van der Waals surface area contributed by atoms with E-state index in [2.05, 4.69) is 18.1 Å². The van der Waals surface area contributed by atoms with E-state index in [4.69, 9.17) is 23.2 Å². The number of benzene rings is 2. The Kier molecular flexibility index (Phi) is 3.92. The van der Waals surface area contributed by atoms with E-state index in [0.717, 1.165) is 23.3 Å². The van der Waals surface area contributed by atoms with Gasteiger partial charge in [-0.05, 0) is 29.7 Å². The van der Waals surface area contributed by atoms with E-state index in [0.29, 0.717) is 10.0 Å². The van der Waals surface area contributed by atoms with Crippen LogP contribution in [0.3, 0.4) is 0 Å². The predicted octanol–water partition coefficient (Wildman–Crippen LogP) is 5.34. The average molecular weight is 320 g/mol. The first-order valence-electron chi connectivity index (χ1n) is 6.88. The Bertz CT molecular complexity index is 712. The molecule has 0 amide bonds. The first-order chi connectivity index (χ1) is 10.1. The van der Waals surface area contributed by atoms with Crippen LogP contribution in [-0.4, -0.2) is 10.9 Å². The van der Waals surface area contributed by atoms with Gasteiger partial charge in [-0.3, -0.25) is 0 Å². The summed E-state index contributed by atoms with van der Waals surface area (Å²) in [6.45, 7) is 2.08. The van der Waals surface area contributed by atoms with Crippen LogP contribution in [0.1, 0.15) is 36.0 Å². The van der Waals surface area contributed by atoms with Crippen molar-refractivity contribution in [2.75, 3.05) is 0 Å². The molecule has 1 unspecified atom stereocenters. The van der Waals surface area contributed by atoms with E-state index in [1.54, 1.807) is 0 Å². The molecular formula is C17H15Cl2NO. The van der Waals surface area contributed by atoms with Crippen LogP contribution in [0.2, 0.25) is 10.0 Å². The number of halogens is 2. The van der Waals surface area contributed by atoms with Gasteiger partial charge >= 0.3 is 0 Å². The van der Waals surface area contributed by atoms with E-state index in [1.807, 2.05) is 36.4 Å². The van der Waals surface area contributed by atoms with Crippen molar-refractivity contribution in [2.24, 2.45) is 11.1 Å². The van der Waals surface area contributed by atoms with Gasteiger partial charge in [-0.2, -0.15) is 0 Å². The zero-order valence-electron chi connectivity index (χ0n) is 11.6. The molecule has 108 valence electrons. The van der Waals surface area contributed by atoms with Gasteiger partial charge in [-0.25, -0.2) is 0 Å². The minimum Gasteiger partial charge on any atom is -0.411 e. The lowest BCUT2D eigenvalue weighted by Gasteiger charge is -2.30. The molecule has 1 aliphatic rings. The monoisotopic (exact) mass is 319 g/mol. The van der Waals surface area contributed by atoms with Crippen LogP contribution in [0, 0.1) is 5.92 Å². The van der Waals surface area contributed by atoms with Crippen LogP contribution in [0.25, 0.3) is 0 Å². The van der Waals surface area contributed by atoms with Crippen molar-refractivity contribution < 1.29 is 5.21 Å². The minimum absolute atomic E-state index is 0.185. The van der Waals surface area contributed by atoms with Gasteiger partial charge in [0.2, 0.25) is 0 Å². The standard InChI is InChI=1S/C17H15Cl2NO/c1-10-8-14(11-6-7-15(18)16(19)9-11)12-4-2-3-5-13(12)17(10)20-21/h2-7,9-10,14,21H,8H2,1H3/b20-17-/t10?,14-/m0/s1. The summed E-state index contributed by atoms with van der Waals surface area (Å²) in [6, 6.07) is 13.8. The van der Waals surface area contributed by atoms with E-state index < -0.39 is 0 Å². The van der Waals surface area contributed by atoms with Crippen molar-refractivity contribution in [3.63, 3.8) is 0 Å². The second kappa shape index (κ2) is 5.70. The summed E-state index contributed by atoms with van der Waals surface area (Å²) in [7, 11) is 0. The van der Waals surface area contributed by atoms with Gasteiger partial charge in [0, 0.05) is 17.4 Å². The van der Waals surface area contributed by atoms with E-state index in [-0.39, 0.29) is 11.8 Å². The van der Waals surface area contributed by atoms with Gasteiger partial charge in [0.15, 0.2) is 0 Å². The lowest BCUT2D eigenvalue weighted by molar-refractivity contribution is 0.314. The zero-order valence-corrected chi connectivity index (χ0v) is 13.1. The van der Waals surface area contributed by atoms with Crippen LogP contribution in [0.15, 0.2) is 47.6 Å². The summed E-state index contributed by atoms with van der Waals surface area (Å²) in [5, 5.41) is 13.9. The van der Waals surface area contributed by atoms with Crippen molar-refractivity contribution in [3.8, 4) is 0 Å². The fourth-order valence-electron chi connectivity index (χ4n) is 3.09. The Labute approximate surface area is 134 Å². The number of hydrogen-bond acceptors (Lipinski definition) is 2.